The number of hydrogen-bond acceptors (Lipinski definition) is 8. The van der Waals surface area contributed by atoms with Gasteiger partial charge in [0.25, 0.3) is 0 Å². The van der Waals surface area contributed by atoms with Crippen molar-refractivity contribution in [3.63, 3.8) is 0 Å². The molecule has 0 unspecified atom stereocenters. The van der Waals surface area contributed by atoms with Crippen molar-refractivity contribution in [3.05, 3.63) is 42.6 Å². The summed E-state index contributed by atoms with van der Waals surface area (Å²) < 4.78 is 15.0. The second-order valence-electron chi connectivity index (χ2n) is 4.92. The van der Waals surface area contributed by atoms with Crippen molar-refractivity contribution in [2.45, 2.75) is 33.0 Å². The number of ether oxygens (including phenoxy) is 3. The van der Waals surface area contributed by atoms with E-state index in [2.05, 4.69) is 10.2 Å². The van der Waals surface area contributed by atoms with Gasteiger partial charge < -0.3 is 14.2 Å². The Labute approximate surface area is 145 Å². The molecular formula is C17H20N2O6. The van der Waals surface area contributed by atoms with Crippen LogP contribution in [-0.2, 0) is 28.6 Å². The van der Waals surface area contributed by atoms with Crippen LogP contribution in [0.4, 0.5) is 5.69 Å². The highest BCUT2D eigenvalue weighted by Gasteiger charge is 2.26. The topological polar surface area (TPSA) is 104 Å². The molecule has 8 heteroatoms. The first-order valence-electron chi connectivity index (χ1n) is 7.49. The van der Waals surface area contributed by atoms with Crippen LogP contribution in [0.3, 0.4) is 0 Å². The van der Waals surface area contributed by atoms with Gasteiger partial charge in [0, 0.05) is 27.0 Å². The van der Waals surface area contributed by atoms with Gasteiger partial charge in [-0.15, -0.1) is 0 Å². The molecule has 0 saturated heterocycles. The predicted octanol–water partition coefficient (Wildman–Crippen LogP) is 2.71. The first-order valence-corrected chi connectivity index (χ1v) is 7.49. The van der Waals surface area contributed by atoms with E-state index in [0.717, 1.165) is 0 Å². The highest BCUT2D eigenvalue weighted by molar-refractivity contribution is 5.68. The second kappa shape index (κ2) is 10.7. The standard InChI is InChI=1S/C17H20N2O6/c1-12(20)23-11-17(25-14(3)22)16(24-13(2)21)9-10-18-19-15-7-5-4-6-8-15/h4-10,16-17H,11H2,1-3H3/b10-9+,19-18?/t16-,17+/m0/s1. The van der Waals surface area contributed by atoms with E-state index in [0.29, 0.717) is 5.69 Å². The van der Waals surface area contributed by atoms with Crippen LogP contribution in [0.25, 0.3) is 0 Å². The number of nitrogens with zero attached hydrogens (tertiary/aromatic N) is 2. The SMILES string of the molecule is CC(=O)OC[C@@H](OC(C)=O)[C@H](/C=C/N=Nc1ccccc1)OC(C)=O. The maximum absolute atomic E-state index is 11.3. The molecule has 1 aromatic rings. The average Bonchev–Trinajstić information content (AvgIpc) is 2.54. The monoisotopic (exact) mass is 348 g/mol. The molecular weight excluding hydrogens is 328 g/mol. The zero-order chi connectivity index (χ0) is 18.7. The van der Waals surface area contributed by atoms with E-state index in [1.54, 1.807) is 12.1 Å². The molecule has 25 heavy (non-hydrogen) atoms. The Morgan fingerprint density at radius 2 is 1.64 bits per heavy atom. The molecule has 0 fully saturated rings. The average molecular weight is 348 g/mol. The molecule has 0 N–H and O–H groups in total. The molecule has 0 aliphatic rings. The van der Waals surface area contributed by atoms with Gasteiger partial charge in [0.2, 0.25) is 0 Å². The van der Waals surface area contributed by atoms with Crippen molar-refractivity contribution in [2.24, 2.45) is 10.2 Å². The lowest BCUT2D eigenvalue weighted by Gasteiger charge is -2.23. The maximum atomic E-state index is 11.3. The maximum Gasteiger partial charge on any atom is 0.303 e. The minimum absolute atomic E-state index is 0.257. The van der Waals surface area contributed by atoms with E-state index in [9.17, 15) is 14.4 Å². The number of benzene rings is 1. The molecule has 0 aromatic heterocycles. The Hall–Kier alpha value is -3.03. The van der Waals surface area contributed by atoms with Gasteiger partial charge in [-0.25, -0.2) is 0 Å². The molecule has 0 bridgehead atoms. The van der Waals surface area contributed by atoms with Gasteiger partial charge in [0.15, 0.2) is 12.2 Å². The molecule has 0 spiro atoms. The van der Waals surface area contributed by atoms with E-state index in [-0.39, 0.29) is 6.61 Å². The van der Waals surface area contributed by atoms with Crippen molar-refractivity contribution in [3.8, 4) is 0 Å². The molecule has 1 rings (SSSR count). The van der Waals surface area contributed by atoms with Crippen LogP contribution in [0.2, 0.25) is 0 Å². The number of carbonyl (C=O) groups is 3. The quantitative estimate of drug-likeness (QED) is 0.406. The largest absolute Gasteiger partial charge is 0.462 e. The van der Waals surface area contributed by atoms with Crippen molar-refractivity contribution < 1.29 is 28.6 Å². The minimum Gasteiger partial charge on any atom is -0.462 e. The number of esters is 3. The third-order valence-corrected chi connectivity index (χ3v) is 2.71. The van der Waals surface area contributed by atoms with Gasteiger partial charge in [-0.05, 0) is 18.2 Å². The third kappa shape index (κ3) is 8.99. The molecule has 2 atom stereocenters. The number of hydrogen-bond donors (Lipinski definition) is 0. The van der Waals surface area contributed by atoms with Crippen molar-refractivity contribution in [1.82, 2.24) is 0 Å². The van der Waals surface area contributed by atoms with Crippen LogP contribution >= 0.6 is 0 Å². The van der Waals surface area contributed by atoms with Crippen LogP contribution < -0.4 is 0 Å². The van der Waals surface area contributed by atoms with Crippen LogP contribution in [-0.4, -0.2) is 36.7 Å². The van der Waals surface area contributed by atoms with E-state index in [1.165, 1.54) is 33.0 Å². The molecule has 134 valence electrons. The van der Waals surface area contributed by atoms with Crippen molar-refractivity contribution >= 4 is 23.6 Å². The Morgan fingerprint density at radius 1 is 1.00 bits per heavy atom. The van der Waals surface area contributed by atoms with Gasteiger partial charge >= 0.3 is 17.9 Å². The summed E-state index contributed by atoms with van der Waals surface area (Å²) >= 11 is 0. The zero-order valence-electron chi connectivity index (χ0n) is 14.2. The lowest BCUT2D eigenvalue weighted by molar-refractivity contribution is -0.169. The highest BCUT2D eigenvalue weighted by Crippen LogP contribution is 2.12. The summed E-state index contributed by atoms with van der Waals surface area (Å²) in [7, 11) is 0. The second-order valence-corrected chi connectivity index (χ2v) is 4.92. The summed E-state index contributed by atoms with van der Waals surface area (Å²) in [5.74, 6) is -1.74. The lowest BCUT2D eigenvalue weighted by Crippen LogP contribution is -2.37. The molecule has 0 radical (unpaired) electrons. The molecule has 8 nitrogen and oxygen atoms in total. The normalized spacial score (nSPS) is 13.4. The molecule has 0 aliphatic carbocycles. The molecule has 0 heterocycles. The number of azo groups is 1. The fraction of sp³-hybridized carbons (Fsp3) is 0.353. The van der Waals surface area contributed by atoms with Crippen molar-refractivity contribution in [1.29, 1.82) is 0 Å². The Bertz CT molecular complexity index is 642. The lowest BCUT2D eigenvalue weighted by atomic mass is 10.2. The zero-order valence-corrected chi connectivity index (χ0v) is 14.2. The Balaban J connectivity index is 2.84. The van der Waals surface area contributed by atoms with E-state index < -0.39 is 30.1 Å². The van der Waals surface area contributed by atoms with Gasteiger partial charge in [-0.1, -0.05) is 18.2 Å². The van der Waals surface area contributed by atoms with E-state index in [1.807, 2.05) is 18.2 Å². The highest BCUT2D eigenvalue weighted by atomic mass is 16.6. The number of rotatable bonds is 8. The fourth-order valence-electron chi connectivity index (χ4n) is 1.76. The summed E-state index contributed by atoms with van der Waals surface area (Å²) in [6, 6.07) is 9.02. The van der Waals surface area contributed by atoms with Crippen LogP contribution in [0.15, 0.2) is 52.8 Å². The summed E-state index contributed by atoms with van der Waals surface area (Å²) in [6.45, 7) is 3.37. The Kier molecular flexibility index (Phi) is 8.56. The summed E-state index contributed by atoms with van der Waals surface area (Å²) in [5, 5.41) is 7.81. The molecule has 0 aliphatic heterocycles. The van der Waals surface area contributed by atoms with Crippen LogP contribution in [0, 0.1) is 0 Å². The third-order valence-electron chi connectivity index (χ3n) is 2.71. The van der Waals surface area contributed by atoms with Gasteiger partial charge in [0.05, 0.1) is 5.69 Å². The van der Waals surface area contributed by atoms with E-state index >= 15 is 0 Å². The van der Waals surface area contributed by atoms with Gasteiger partial charge in [-0.2, -0.15) is 10.2 Å². The molecule has 0 amide bonds. The first-order chi connectivity index (χ1) is 11.9. The van der Waals surface area contributed by atoms with E-state index in [4.69, 9.17) is 14.2 Å². The minimum atomic E-state index is -0.992. The van der Waals surface area contributed by atoms with Gasteiger partial charge in [0.1, 0.15) is 6.61 Å². The number of carbonyl (C=O) groups excluding carboxylic acids is 3. The molecule has 1 aromatic carbocycles. The summed E-state index contributed by atoms with van der Waals surface area (Å²) in [4.78, 5) is 33.5. The van der Waals surface area contributed by atoms with Crippen LogP contribution in [0.1, 0.15) is 20.8 Å². The predicted molar refractivity (Wildman–Crippen MR) is 87.8 cm³/mol. The van der Waals surface area contributed by atoms with Crippen LogP contribution in [0.5, 0.6) is 0 Å². The van der Waals surface area contributed by atoms with Crippen molar-refractivity contribution in [2.75, 3.05) is 6.61 Å². The summed E-state index contributed by atoms with van der Waals surface area (Å²) in [6.07, 6.45) is 0.736. The smallest absolute Gasteiger partial charge is 0.303 e. The summed E-state index contributed by atoms with van der Waals surface area (Å²) in [5.41, 5.74) is 0.646. The molecule has 0 saturated carbocycles. The first kappa shape index (κ1) is 20.0. The fourth-order valence-corrected chi connectivity index (χ4v) is 1.76. The Morgan fingerprint density at radius 3 is 2.20 bits per heavy atom. The van der Waals surface area contributed by atoms with Gasteiger partial charge in [-0.3, -0.25) is 14.4 Å².